The van der Waals surface area contributed by atoms with Crippen LogP contribution in [0.4, 0.5) is 0 Å². The van der Waals surface area contributed by atoms with Gasteiger partial charge in [-0.15, -0.1) is 0 Å². The Morgan fingerprint density at radius 1 is 1.20 bits per heavy atom. The van der Waals surface area contributed by atoms with Crippen LogP contribution in [0.1, 0.15) is 36.3 Å². The molecular formula is C23H28N2O4S. The maximum absolute atomic E-state index is 12.7. The zero-order chi connectivity index (χ0) is 21.0. The molecule has 7 heteroatoms. The second-order valence-electron chi connectivity index (χ2n) is 7.71. The topological polar surface area (TPSA) is 80.4 Å². The summed E-state index contributed by atoms with van der Waals surface area (Å²) in [6, 6.07) is 15.9. The van der Waals surface area contributed by atoms with E-state index in [0.29, 0.717) is 13.0 Å². The first-order valence-corrected chi connectivity index (χ1v) is 12.0. The Labute approximate surface area is 177 Å². The summed E-state index contributed by atoms with van der Waals surface area (Å²) in [5.74, 6) is 0.735. The number of aromatic amines is 1. The normalized spacial score (nSPS) is 18.0. The second-order valence-corrected chi connectivity index (χ2v) is 9.63. The third-order valence-corrected chi connectivity index (χ3v) is 7.13. The number of methoxy groups -OCH3 is 1. The van der Waals surface area contributed by atoms with E-state index >= 15 is 0 Å². The number of nitrogens with one attached hydrogen (secondary N) is 2. The summed E-state index contributed by atoms with van der Waals surface area (Å²) in [7, 11) is -1.76. The third kappa shape index (κ3) is 4.86. The van der Waals surface area contributed by atoms with Crippen LogP contribution in [0.25, 0.3) is 10.9 Å². The summed E-state index contributed by atoms with van der Waals surface area (Å²) in [5, 5.41) is 1.09. The number of aromatic nitrogens is 1. The smallest absolute Gasteiger partial charge is 0.211 e. The minimum atomic E-state index is -3.39. The maximum atomic E-state index is 12.7. The number of sulfonamides is 1. The number of hydrogen-bond donors (Lipinski definition) is 2. The molecule has 1 aliphatic rings. The Morgan fingerprint density at radius 2 is 2.00 bits per heavy atom. The number of hydrogen-bond acceptors (Lipinski definition) is 4. The zero-order valence-corrected chi connectivity index (χ0v) is 18.0. The average molecular weight is 429 g/mol. The van der Waals surface area contributed by atoms with Gasteiger partial charge in [0.15, 0.2) is 0 Å². The molecule has 2 N–H and O–H groups in total. The summed E-state index contributed by atoms with van der Waals surface area (Å²) in [5.41, 5.74) is 3.13. The molecule has 1 aliphatic heterocycles. The third-order valence-electron chi connectivity index (χ3n) is 5.75. The predicted molar refractivity (Wildman–Crippen MR) is 119 cm³/mol. The average Bonchev–Trinajstić information content (AvgIpc) is 3.43. The first-order valence-electron chi connectivity index (χ1n) is 10.3. The highest BCUT2D eigenvalue weighted by atomic mass is 32.2. The molecular weight excluding hydrogens is 400 g/mol. The molecule has 6 nitrogen and oxygen atoms in total. The summed E-state index contributed by atoms with van der Waals surface area (Å²) in [6.45, 7) is 1.03. The van der Waals surface area contributed by atoms with Gasteiger partial charge in [0.1, 0.15) is 5.75 Å². The van der Waals surface area contributed by atoms with E-state index in [9.17, 15) is 8.42 Å². The van der Waals surface area contributed by atoms with Gasteiger partial charge in [0.25, 0.3) is 0 Å². The molecule has 2 atom stereocenters. The lowest BCUT2D eigenvalue weighted by atomic mass is 9.91. The molecule has 4 rings (SSSR count). The standard InChI is InChI=1S/C23H28N2O4S/c1-28-18-10-8-17(9-11-18)21(22-15-24-23-7-3-2-6-20(22)23)16-25-30(26,27)14-12-19-5-4-13-29-19/h2-3,6-11,15,19,21,24-25H,4-5,12-14,16H2,1H3/t19-,21+/m0/s1. The van der Waals surface area contributed by atoms with Crippen molar-refractivity contribution >= 4 is 20.9 Å². The van der Waals surface area contributed by atoms with E-state index in [4.69, 9.17) is 9.47 Å². The van der Waals surface area contributed by atoms with Crippen molar-refractivity contribution in [1.29, 1.82) is 0 Å². The molecule has 0 saturated carbocycles. The molecule has 30 heavy (non-hydrogen) atoms. The first-order chi connectivity index (χ1) is 14.6. The maximum Gasteiger partial charge on any atom is 0.211 e. The van der Waals surface area contributed by atoms with Crippen LogP contribution in [0.2, 0.25) is 0 Å². The van der Waals surface area contributed by atoms with Crippen molar-refractivity contribution in [3.63, 3.8) is 0 Å². The van der Waals surface area contributed by atoms with Gasteiger partial charge in [-0.05, 0) is 48.6 Å². The molecule has 2 aromatic carbocycles. The Morgan fingerprint density at radius 3 is 2.73 bits per heavy atom. The fourth-order valence-corrected chi connectivity index (χ4v) is 5.21. The lowest BCUT2D eigenvalue weighted by molar-refractivity contribution is 0.109. The minimum absolute atomic E-state index is 0.0626. The lowest BCUT2D eigenvalue weighted by Crippen LogP contribution is -2.32. The number of ether oxygens (including phenoxy) is 2. The van der Waals surface area contributed by atoms with Crippen LogP contribution in [-0.2, 0) is 14.8 Å². The van der Waals surface area contributed by atoms with Crippen molar-refractivity contribution in [2.24, 2.45) is 0 Å². The summed E-state index contributed by atoms with van der Waals surface area (Å²) < 4.78 is 39.0. The van der Waals surface area contributed by atoms with Gasteiger partial charge in [-0.2, -0.15) is 0 Å². The van der Waals surface area contributed by atoms with Gasteiger partial charge in [0.05, 0.1) is 19.0 Å². The zero-order valence-electron chi connectivity index (χ0n) is 17.1. The lowest BCUT2D eigenvalue weighted by Gasteiger charge is -2.19. The van der Waals surface area contributed by atoms with Crippen LogP contribution in [0.3, 0.4) is 0 Å². The van der Waals surface area contributed by atoms with Gasteiger partial charge in [-0.1, -0.05) is 30.3 Å². The van der Waals surface area contributed by atoms with Gasteiger partial charge in [0.2, 0.25) is 10.0 Å². The Kier molecular flexibility index (Phi) is 6.41. The van der Waals surface area contributed by atoms with Crippen LogP contribution in [0, 0.1) is 0 Å². The second kappa shape index (κ2) is 9.20. The summed E-state index contributed by atoms with van der Waals surface area (Å²) in [4.78, 5) is 3.30. The van der Waals surface area contributed by atoms with E-state index in [2.05, 4.69) is 15.8 Å². The quantitative estimate of drug-likeness (QED) is 0.543. The molecule has 0 aliphatic carbocycles. The van der Waals surface area contributed by atoms with Crippen LogP contribution < -0.4 is 9.46 Å². The van der Waals surface area contributed by atoms with Crippen LogP contribution >= 0.6 is 0 Å². The molecule has 0 spiro atoms. The van der Waals surface area contributed by atoms with Gasteiger partial charge in [-0.3, -0.25) is 0 Å². The number of benzene rings is 2. The van der Waals surface area contributed by atoms with Crippen molar-refractivity contribution in [3.05, 3.63) is 65.9 Å². The molecule has 1 aromatic heterocycles. The van der Waals surface area contributed by atoms with Crippen molar-refractivity contribution in [2.75, 3.05) is 26.0 Å². The van der Waals surface area contributed by atoms with Crippen LogP contribution in [-0.4, -0.2) is 45.5 Å². The molecule has 1 fully saturated rings. The van der Waals surface area contributed by atoms with E-state index in [-0.39, 0.29) is 17.8 Å². The van der Waals surface area contributed by atoms with Crippen molar-refractivity contribution in [1.82, 2.24) is 9.71 Å². The van der Waals surface area contributed by atoms with E-state index in [1.807, 2.05) is 48.7 Å². The molecule has 1 saturated heterocycles. The highest BCUT2D eigenvalue weighted by Crippen LogP contribution is 2.31. The molecule has 2 heterocycles. The van der Waals surface area contributed by atoms with Gasteiger partial charge in [-0.25, -0.2) is 13.1 Å². The van der Waals surface area contributed by atoms with E-state index in [1.54, 1.807) is 7.11 Å². The molecule has 0 unspecified atom stereocenters. The SMILES string of the molecule is COc1ccc([C@@H](CNS(=O)(=O)CC[C@@H]2CCCO2)c2c[nH]c3ccccc23)cc1. The number of fused-ring (bicyclic) bond motifs is 1. The molecule has 160 valence electrons. The van der Waals surface area contributed by atoms with Gasteiger partial charge >= 0.3 is 0 Å². The highest BCUT2D eigenvalue weighted by molar-refractivity contribution is 7.89. The van der Waals surface area contributed by atoms with Crippen molar-refractivity contribution in [3.8, 4) is 5.75 Å². The number of H-pyrrole nitrogens is 1. The molecule has 0 bridgehead atoms. The summed E-state index contributed by atoms with van der Waals surface area (Å²) >= 11 is 0. The van der Waals surface area contributed by atoms with Crippen molar-refractivity contribution in [2.45, 2.75) is 31.3 Å². The van der Waals surface area contributed by atoms with Gasteiger partial charge in [0, 0.05) is 36.2 Å². The highest BCUT2D eigenvalue weighted by Gasteiger charge is 2.23. The number of para-hydroxylation sites is 1. The first kappa shape index (κ1) is 20.9. The molecule has 0 radical (unpaired) electrons. The Hall–Kier alpha value is -2.35. The minimum Gasteiger partial charge on any atom is -0.497 e. The monoisotopic (exact) mass is 428 g/mol. The van der Waals surface area contributed by atoms with E-state index in [0.717, 1.165) is 47.2 Å². The fraction of sp³-hybridized carbons (Fsp3) is 0.391. The Balaban J connectivity index is 1.55. The van der Waals surface area contributed by atoms with Gasteiger partial charge < -0.3 is 14.5 Å². The number of rotatable bonds is 9. The van der Waals surface area contributed by atoms with E-state index < -0.39 is 10.0 Å². The predicted octanol–water partition coefficient (Wildman–Crippen LogP) is 3.80. The van der Waals surface area contributed by atoms with E-state index in [1.165, 1.54) is 0 Å². The van der Waals surface area contributed by atoms with Crippen LogP contribution in [0.15, 0.2) is 54.7 Å². The summed E-state index contributed by atoms with van der Waals surface area (Å²) in [6.07, 6.45) is 4.53. The largest absolute Gasteiger partial charge is 0.497 e. The van der Waals surface area contributed by atoms with Crippen molar-refractivity contribution < 1.29 is 17.9 Å². The Bertz CT molecular complexity index is 1070. The fourth-order valence-electron chi connectivity index (χ4n) is 4.07. The van der Waals surface area contributed by atoms with Crippen LogP contribution in [0.5, 0.6) is 5.75 Å². The molecule has 0 amide bonds. The molecule has 3 aromatic rings.